The fourth-order valence-electron chi connectivity index (χ4n) is 3.14. The Labute approximate surface area is 148 Å². The van der Waals surface area contributed by atoms with Gasteiger partial charge in [0.15, 0.2) is 0 Å². The zero-order chi connectivity index (χ0) is 16.7. The first-order chi connectivity index (χ1) is 11.6. The number of hydrogen-bond donors (Lipinski definition) is 0. The molecule has 7 heteroatoms. The molecule has 1 aromatic carbocycles. The lowest BCUT2D eigenvalue weighted by atomic mass is 9.97. The van der Waals surface area contributed by atoms with Crippen LogP contribution in [-0.2, 0) is 7.05 Å². The van der Waals surface area contributed by atoms with E-state index in [2.05, 4.69) is 5.10 Å². The van der Waals surface area contributed by atoms with Gasteiger partial charge in [-0.25, -0.2) is 4.98 Å². The predicted molar refractivity (Wildman–Crippen MR) is 95.7 cm³/mol. The van der Waals surface area contributed by atoms with Gasteiger partial charge in [0.2, 0.25) is 0 Å². The van der Waals surface area contributed by atoms with Crippen molar-refractivity contribution in [2.75, 3.05) is 13.1 Å². The molecular weight excluding hydrogens is 344 g/mol. The van der Waals surface area contributed by atoms with Crippen LogP contribution in [0.2, 0.25) is 5.02 Å². The molecule has 0 radical (unpaired) electrons. The molecule has 0 spiro atoms. The molecule has 0 saturated carbocycles. The van der Waals surface area contributed by atoms with Crippen LogP contribution in [0.4, 0.5) is 0 Å². The smallest absolute Gasteiger partial charge is 0.257 e. The summed E-state index contributed by atoms with van der Waals surface area (Å²) in [4.78, 5) is 19.1. The Bertz CT molecular complexity index is 895. The highest BCUT2D eigenvalue weighted by atomic mass is 35.5. The van der Waals surface area contributed by atoms with Gasteiger partial charge in [0.05, 0.1) is 27.0 Å². The zero-order valence-corrected chi connectivity index (χ0v) is 14.8. The number of amides is 1. The summed E-state index contributed by atoms with van der Waals surface area (Å²) in [5.41, 5.74) is 1.63. The molecule has 1 aliphatic rings. The van der Waals surface area contributed by atoms with E-state index in [1.807, 2.05) is 30.1 Å². The van der Waals surface area contributed by atoms with Crippen molar-refractivity contribution in [2.24, 2.45) is 7.05 Å². The van der Waals surface area contributed by atoms with E-state index in [0.29, 0.717) is 11.5 Å². The largest absolute Gasteiger partial charge is 0.339 e. The first-order valence-corrected chi connectivity index (χ1v) is 9.13. The van der Waals surface area contributed by atoms with Crippen LogP contribution in [0.1, 0.15) is 34.1 Å². The van der Waals surface area contributed by atoms with Crippen molar-refractivity contribution < 1.29 is 4.79 Å². The first kappa shape index (κ1) is 15.6. The number of thiazole rings is 1. The van der Waals surface area contributed by atoms with E-state index in [9.17, 15) is 4.79 Å². The monoisotopic (exact) mass is 360 g/mol. The minimum absolute atomic E-state index is 0.0673. The molecule has 1 amide bonds. The predicted octanol–water partition coefficient (Wildman–Crippen LogP) is 3.70. The summed E-state index contributed by atoms with van der Waals surface area (Å²) in [7, 11) is 1.82. The van der Waals surface area contributed by atoms with Gasteiger partial charge in [0.1, 0.15) is 0 Å². The van der Waals surface area contributed by atoms with Crippen LogP contribution in [0, 0.1) is 0 Å². The van der Waals surface area contributed by atoms with Gasteiger partial charge in [-0.05, 0) is 31.0 Å². The standard InChI is InChI=1S/C17H17ClN4OS/c1-21-10-12(9-19-21)17(23)22-6-4-11(5-7-22)16-20-14-8-13(18)2-3-15(14)24-16/h2-3,8-11H,4-7H2,1H3. The van der Waals surface area contributed by atoms with Crippen LogP contribution in [0.15, 0.2) is 30.6 Å². The van der Waals surface area contributed by atoms with Crippen molar-refractivity contribution in [3.63, 3.8) is 0 Å². The minimum Gasteiger partial charge on any atom is -0.339 e. The number of carbonyl (C=O) groups is 1. The first-order valence-electron chi connectivity index (χ1n) is 7.94. The highest BCUT2D eigenvalue weighted by molar-refractivity contribution is 7.18. The number of nitrogens with zero attached hydrogens (tertiary/aromatic N) is 4. The van der Waals surface area contributed by atoms with Crippen LogP contribution >= 0.6 is 22.9 Å². The van der Waals surface area contributed by atoms with E-state index in [-0.39, 0.29) is 5.91 Å². The van der Waals surface area contributed by atoms with Gasteiger partial charge < -0.3 is 4.90 Å². The third-order valence-corrected chi connectivity index (χ3v) is 5.88. The van der Waals surface area contributed by atoms with E-state index < -0.39 is 0 Å². The van der Waals surface area contributed by atoms with Gasteiger partial charge in [-0.15, -0.1) is 11.3 Å². The Morgan fingerprint density at radius 2 is 2.12 bits per heavy atom. The van der Waals surface area contributed by atoms with Gasteiger partial charge in [0.25, 0.3) is 5.91 Å². The van der Waals surface area contributed by atoms with E-state index in [4.69, 9.17) is 16.6 Å². The Morgan fingerprint density at radius 3 is 2.83 bits per heavy atom. The number of benzene rings is 1. The van der Waals surface area contributed by atoms with Crippen LogP contribution < -0.4 is 0 Å². The van der Waals surface area contributed by atoms with Gasteiger partial charge >= 0.3 is 0 Å². The SMILES string of the molecule is Cn1cc(C(=O)N2CCC(c3nc4cc(Cl)ccc4s3)CC2)cn1. The normalized spacial score (nSPS) is 16.0. The number of aromatic nitrogens is 3. The van der Waals surface area contributed by atoms with Crippen molar-refractivity contribution in [3.05, 3.63) is 46.2 Å². The molecule has 3 aromatic rings. The summed E-state index contributed by atoms with van der Waals surface area (Å²) < 4.78 is 2.83. The Kier molecular flexibility index (Phi) is 4.02. The highest BCUT2D eigenvalue weighted by Crippen LogP contribution is 2.34. The molecule has 1 aliphatic heterocycles. The number of carbonyl (C=O) groups excluding carboxylic acids is 1. The Morgan fingerprint density at radius 1 is 1.33 bits per heavy atom. The molecule has 0 N–H and O–H groups in total. The van der Waals surface area contributed by atoms with Crippen LogP contribution in [0.25, 0.3) is 10.2 Å². The van der Waals surface area contributed by atoms with E-state index >= 15 is 0 Å². The van der Waals surface area contributed by atoms with Gasteiger partial charge in [-0.2, -0.15) is 5.10 Å². The van der Waals surface area contributed by atoms with Crippen LogP contribution in [0.3, 0.4) is 0 Å². The number of fused-ring (bicyclic) bond motifs is 1. The third-order valence-electron chi connectivity index (χ3n) is 4.45. The summed E-state index contributed by atoms with van der Waals surface area (Å²) in [5.74, 6) is 0.483. The fraction of sp³-hybridized carbons (Fsp3) is 0.353. The second-order valence-electron chi connectivity index (χ2n) is 6.13. The van der Waals surface area contributed by atoms with E-state index in [1.165, 1.54) is 4.70 Å². The quantitative estimate of drug-likeness (QED) is 0.700. The van der Waals surface area contributed by atoms with Crippen molar-refractivity contribution in [2.45, 2.75) is 18.8 Å². The molecule has 4 rings (SSSR count). The number of rotatable bonds is 2. The lowest BCUT2D eigenvalue weighted by Crippen LogP contribution is -2.37. The zero-order valence-electron chi connectivity index (χ0n) is 13.3. The second-order valence-corrected chi connectivity index (χ2v) is 7.63. The van der Waals surface area contributed by atoms with Crippen molar-refractivity contribution in [1.82, 2.24) is 19.7 Å². The lowest BCUT2D eigenvalue weighted by Gasteiger charge is -2.30. The molecule has 0 atom stereocenters. The number of likely N-dealkylation sites (tertiary alicyclic amines) is 1. The second kappa shape index (κ2) is 6.18. The van der Waals surface area contributed by atoms with Gasteiger partial charge in [-0.1, -0.05) is 11.6 Å². The average molecular weight is 361 g/mol. The number of halogens is 1. The number of hydrogen-bond acceptors (Lipinski definition) is 4. The molecular formula is C17H17ClN4OS. The lowest BCUT2D eigenvalue weighted by molar-refractivity contribution is 0.0713. The minimum atomic E-state index is 0.0673. The maximum Gasteiger partial charge on any atom is 0.257 e. The van der Waals surface area contributed by atoms with Crippen molar-refractivity contribution >= 4 is 39.1 Å². The maximum atomic E-state index is 12.5. The summed E-state index contributed by atoms with van der Waals surface area (Å²) in [6.45, 7) is 1.52. The molecule has 24 heavy (non-hydrogen) atoms. The molecule has 2 aromatic heterocycles. The maximum absolute atomic E-state index is 12.5. The number of piperidine rings is 1. The van der Waals surface area contributed by atoms with E-state index in [0.717, 1.165) is 41.5 Å². The molecule has 3 heterocycles. The van der Waals surface area contributed by atoms with Gasteiger partial charge in [-0.3, -0.25) is 9.48 Å². The molecule has 0 unspecified atom stereocenters. The van der Waals surface area contributed by atoms with E-state index in [1.54, 1.807) is 28.4 Å². The molecule has 0 bridgehead atoms. The van der Waals surface area contributed by atoms with Gasteiger partial charge in [0, 0.05) is 37.3 Å². The highest BCUT2D eigenvalue weighted by Gasteiger charge is 2.27. The summed E-state index contributed by atoms with van der Waals surface area (Å²) in [6.07, 6.45) is 5.29. The molecule has 0 aliphatic carbocycles. The van der Waals surface area contributed by atoms with Crippen LogP contribution in [0.5, 0.6) is 0 Å². The molecule has 124 valence electrons. The average Bonchev–Trinajstić information content (AvgIpc) is 3.20. The topological polar surface area (TPSA) is 51.0 Å². The molecule has 1 saturated heterocycles. The van der Waals surface area contributed by atoms with Crippen molar-refractivity contribution in [3.8, 4) is 0 Å². The summed E-state index contributed by atoms with van der Waals surface area (Å²) in [6, 6.07) is 5.85. The Hall–Kier alpha value is -1.92. The summed E-state index contributed by atoms with van der Waals surface area (Å²) >= 11 is 7.78. The molecule has 1 fully saturated rings. The number of aryl methyl sites for hydroxylation is 1. The van der Waals surface area contributed by atoms with Crippen LogP contribution in [-0.4, -0.2) is 38.7 Å². The molecule has 5 nitrogen and oxygen atoms in total. The third kappa shape index (κ3) is 2.91. The summed E-state index contributed by atoms with van der Waals surface area (Å²) in [5, 5.41) is 5.95. The van der Waals surface area contributed by atoms with Crippen molar-refractivity contribution in [1.29, 1.82) is 0 Å². The fourth-order valence-corrected chi connectivity index (χ4v) is 4.42. The Balaban J connectivity index is 1.46.